The molecular formula is C61H43N3O. The Hall–Kier alpha value is -8.34. The minimum Gasteiger partial charge on any atom is -0.455 e. The van der Waals surface area contributed by atoms with Crippen LogP contribution in [-0.2, 0) is 12.8 Å². The maximum absolute atomic E-state index is 6.69. The largest absolute Gasteiger partial charge is 0.455 e. The highest BCUT2D eigenvalue weighted by atomic mass is 16.3. The number of hydrogen-bond donors (Lipinski definition) is 0. The lowest BCUT2D eigenvalue weighted by Crippen LogP contribution is -1.96. The van der Waals surface area contributed by atoms with E-state index in [1.807, 2.05) is 36.4 Å². The van der Waals surface area contributed by atoms with Crippen LogP contribution in [0.25, 0.3) is 106 Å². The van der Waals surface area contributed by atoms with E-state index < -0.39 is 0 Å². The van der Waals surface area contributed by atoms with Gasteiger partial charge in [0.15, 0.2) is 5.82 Å². The van der Waals surface area contributed by atoms with Crippen LogP contribution in [0.15, 0.2) is 223 Å². The fourth-order valence-corrected chi connectivity index (χ4v) is 9.64. The Morgan fingerprint density at radius 2 is 1.08 bits per heavy atom. The molecule has 65 heavy (non-hydrogen) atoms. The lowest BCUT2D eigenvalue weighted by molar-refractivity contribution is 0.669. The SMILES string of the molecule is Cc1ccc(-c2ccc3c(c2)c2ccccc2n3-c2ccccc2)cc1-c1ccccc1CCc1ccc2oc3c(-c4cc(-c5ccccc5)nc(-c5ccccc5)n4)cccc3c2c1. The first-order valence-electron chi connectivity index (χ1n) is 22.4. The zero-order valence-corrected chi connectivity index (χ0v) is 35.9. The van der Waals surface area contributed by atoms with E-state index in [2.05, 4.69) is 193 Å². The number of aryl methyl sites for hydroxylation is 3. The van der Waals surface area contributed by atoms with E-state index >= 15 is 0 Å². The minimum absolute atomic E-state index is 0.685. The molecule has 0 aliphatic heterocycles. The van der Waals surface area contributed by atoms with Crippen molar-refractivity contribution < 1.29 is 4.42 Å². The predicted molar refractivity (Wildman–Crippen MR) is 269 cm³/mol. The van der Waals surface area contributed by atoms with Crippen LogP contribution in [0.4, 0.5) is 0 Å². The van der Waals surface area contributed by atoms with Crippen LogP contribution in [0.3, 0.4) is 0 Å². The Balaban J connectivity index is 0.865. The summed E-state index contributed by atoms with van der Waals surface area (Å²) in [6, 6.07) is 77.8. The van der Waals surface area contributed by atoms with Crippen molar-refractivity contribution in [2.24, 2.45) is 0 Å². The zero-order valence-electron chi connectivity index (χ0n) is 35.9. The Morgan fingerprint density at radius 1 is 0.415 bits per heavy atom. The molecule has 0 aliphatic rings. The Labute approximate surface area is 377 Å². The van der Waals surface area contributed by atoms with Gasteiger partial charge >= 0.3 is 0 Å². The number of furan rings is 1. The average molecular weight is 834 g/mol. The molecular weight excluding hydrogens is 791 g/mol. The number of rotatable bonds is 9. The van der Waals surface area contributed by atoms with E-state index in [0.29, 0.717) is 5.82 Å². The molecule has 12 rings (SSSR count). The third-order valence-corrected chi connectivity index (χ3v) is 12.9. The van der Waals surface area contributed by atoms with Crippen LogP contribution in [-0.4, -0.2) is 14.5 Å². The number of fused-ring (bicyclic) bond motifs is 6. The number of benzene rings is 9. The topological polar surface area (TPSA) is 43.9 Å². The smallest absolute Gasteiger partial charge is 0.160 e. The van der Waals surface area contributed by atoms with Crippen molar-refractivity contribution in [3.05, 3.63) is 235 Å². The standard InChI is InChI=1S/C61H43N3O/c1-40-28-31-45(46-33-34-58-53(38-46)49-24-13-14-27-57(49)64(58)47-21-9-4-10-22-47)37-52(40)48-23-12-11-16-42(48)32-29-41-30-35-59-54(36-41)50-25-15-26-51(60(50)65-59)56-39-55(43-17-5-2-6-18-43)62-61(63-56)44-19-7-3-8-20-44/h2-28,30-31,33-39H,29,32H2,1H3. The van der Waals surface area contributed by atoms with Crippen LogP contribution < -0.4 is 0 Å². The lowest BCUT2D eigenvalue weighted by Gasteiger charge is -2.15. The summed E-state index contributed by atoms with van der Waals surface area (Å²) in [6.45, 7) is 2.23. The molecule has 0 amide bonds. The molecule has 0 fully saturated rings. The van der Waals surface area contributed by atoms with Crippen molar-refractivity contribution in [1.82, 2.24) is 14.5 Å². The highest BCUT2D eigenvalue weighted by Crippen LogP contribution is 2.40. The maximum atomic E-state index is 6.69. The number of para-hydroxylation sites is 3. The Kier molecular flexibility index (Phi) is 9.49. The van der Waals surface area contributed by atoms with E-state index in [1.54, 1.807) is 0 Å². The van der Waals surface area contributed by atoms with Gasteiger partial charge in [-0.3, -0.25) is 0 Å². The molecule has 0 saturated heterocycles. The van der Waals surface area contributed by atoms with Gasteiger partial charge < -0.3 is 8.98 Å². The highest BCUT2D eigenvalue weighted by Gasteiger charge is 2.18. The molecule has 0 radical (unpaired) electrons. The molecule has 4 heteroatoms. The van der Waals surface area contributed by atoms with Crippen molar-refractivity contribution in [1.29, 1.82) is 0 Å². The van der Waals surface area contributed by atoms with Crippen LogP contribution in [0.2, 0.25) is 0 Å². The molecule has 3 heterocycles. The minimum atomic E-state index is 0.685. The second-order valence-corrected chi connectivity index (χ2v) is 16.9. The third kappa shape index (κ3) is 6.97. The summed E-state index contributed by atoms with van der Waals surface area (Å²) in [4.78, 5) is 10.1. The molecule has 0 saturated carbocycles. The normalized spacial score (nSPS) is 11.6. The van der Waals surface area contributed by atoms with E-state index in [-0.39, 0.29) is 0 Å². The molecule has 12 aromatic rings. The molecule has 0 atom stereocenters. The first kappa shape index (κ1) is 38.3. The number of hydrogen-bond acceptors (Lipinski definition) is 3. The summed E-state index contributed by atoms with van der Waals surface area (Å²) in [5.74, 6) is 0.685. The summed E-state index contributed by atoms with van der Waals surface area (Å²) in [5, 5.41) is 4.71. The summed E-state index contributed by atoms with van der Waals surface area (Å²) in [5.41, 5.74) is 18.8. The van der Waals surface area contributed by atoms with Crippen molar-refractivity contribution in [2.45, 2.75) is 19.8 Å². The molecule has 0 spiro atoms. The highest BCUT2D eigenvalue weighted by molar-refractivity contribution is 6.11. The van der Waals surface area contributed by atoms with Gasteiger partial charge in [0, 0.05) is 43.9 Å². The molecule has 9 aromatic carbocycles. The van der Waals surface area contributed by atoms with Crippen LogP contribution in [0.5, 0.6) is 0 Å². The zero-order chi connectivity index (χ0) is 43.3. The summed E-state index contributed by atoms with van der Waals surface area (Å²) in [6.07, 6.45) is 1.80. The second-order valence-electron chi connectivity index (χ2n) is 16.9. The second kappa shape index (κ2) is 16.1. The lowest BCUT2D eigenvalue weighted by atomic mass is 9.90. The molecule has 0 unspecified atom stereocenters. The van der Waals surface area contributed by atoms with Gasteiger partial charge in [0.2, 0.25) is 0 Å². The van der Waals surface area contributed by atoms with Crippen molar-refractivity contribution >= 4 is 43.7 Å². The average Bonchev–Trinajstić information content (AvgIpc) is 3.92. The van der Waals surface area contributed by atoms with Crippen molar-refractivity contribution in [3.8, 4) is 61.8 Å². The molecule has 0 bridgehead atoms. The van der Waals surface area contributed by atoms with Gasteiger partial charge in [-0.05, 0) is 119 Å². The monoisotopic (exact) mass is 833 g/mol. The van der Waals surface area contributed by atoms with Crippen molar-refractivity contribution in [3.63, 3.8) is 0 Å². The van der Waals surface area contributed by atoms with Crippen molar-refractivity contribution in [2.75, 3.05) is 0 Å². The van der Waals surface area contributed by atoms with Gasteiger partial charge in [-0.15, -0.1) is 0 Å². The molecule has 0 N–H and O–H groups in total. The number of aromatic nitrogens is 3. The Bertz CT molecular complexity index is 3660. The van der Waals surface area contributed by atoms with Crippen LogP contribution in [0, 0.1) is 6.92 Å². The van der Waals surface area contributed by atoms with Gasteiger partial charge in [0.05, 0.1) is 22.4 Å². The van der Waals surface area contributed by atoms with Gasteiger partial charge in [0.25, 0.3) is 0 Å². The Morgan fingerprint density at radius 3 is 1.92 bits per heavy atom. The van der Waals surface area contributed by atoms with Crippen LogP contribution in [0.1, 0.15) is 16.7 Å². The molecule has 3 aromatic heterocycles. The molecule has 308 valence electrons. The molecule has 0 aliphatic carbocycles. The van der Waals surface area contributed by atoms with Gasteiger partial charge in [-0.2, -0.15) is 0 Å². The molecule has 4 nitrogen and oxygen atoms in total. The number of nitrogens with zero attached hydrogens (tertiary/aromatic N) is 3. The first-order chi connectivity index (χ1) is 32.1. The fraction of sp³-hybridized carbons (Fsp3) is 0.0492. The maximum Gasteiger partial charge on any atom is 0.160 e. The predicted octanol–water partition coefficient (Wildman–Crippen LogP) is 15.9. The third-order valence-electron chi connectivity index (χ3n) is 12.9. The summed E-state index contributed by atoms with van der Waals surface area (Å²) in [7, 11) is 0. The summed E-state index contributed by atoms with van der Waals surface area (Å²) >= 11 is 0. The quantitative estimate of drug-likeness (QED) is 0.145. The van der Waals surface area contributed by atoms with Gasteiger partial charge in [-0.1, -0.05) is 158 Å². The van der Waals surface area contributed by atoms with E-state index in [1.165, 1.54) is 66.4 Å². The van der Waals surface area contributed by atoms with Crippen LogP contribution >= 0.6 is 0 Å². The summed E-state index contributed by atoms with van der Waals surface area (Å²) < 4.78 is 9.06. The van der Waals surface area contributed by atoms with Gasteiger partial charge in [0.1, 0.15) is 11.2 Å². The van der Waals surface area contributed by atoms with E-state index in [0.717, 1.165) is 62.9 Å². The van der Waals surface area contributed by atoms with E-state index in [9.17, 15) is 0 Å². The fourth-order valence-electron chi connectivity index (χ4n) is 9.64. The first-order valence-corrected chi connectivity index (χ1v) is 22.4. The van der Waals surface area contributed by atoms with Gasteiger partial charge in [-0.25, -0.2) is 9.97 Å². The van der Waals surface area contributed by atoms with E-state index in [4.69, 9.17) is 14.4 Å².